The average molecular weight is 311 g/mol. The number of para-hydroxylation sites is 2. The molecular weight excluding hydrogens is 286 g/mol. The maximum atomic E-state index is 12.5. The molecule has 122 valence electrons. The molecule has 1 aromatic heterocycles. The molecular formula is C19H25N3O. The van der Waals surface area contributed by atoms with Crippen molar-refractivity contribution in [2.75, 3.05) is 6.54 Å². The Bertz CT molecular complexity index is 720. The van der Waals surface area contributed by atoms with Crippen molar-refractivity contribution in [1.82, 2.24) is 14.9 Å². The second kappa shape index (κ2) is 5.99. The summed E-state index contributed by atoms with van der Waals surface area (Å²) in [5, 5.41) is 3.17. The molecule has 2 saturated carbocycles. The molecule has 0 saturated heterocycles. The summed E-state index contributed by atoms with van der Waals surface area (Å²) >= 11 is 0. The Balaban J connectivity index is 1.36. The summed E-state index contributed by atoms with van der Waals surface area (Å²) in [6, 6.07) is 8.17. The number of rotatable bonds is 4. The highest BCUT2D eigenvalue weighted by Gasteiger charge is 2.42. The minimum atomic E-state index is 0.267. The Morgan fingerprint density at radius 1 is 1.26 bits per heavy atom. The zero-order chi connectivity index (χ0) is 15.8. The standard InChI is InChI=1S/C19H25N3O/c1-22-17-8-3-2-7-16(17)21-18(22)11-12-20-19(23)15-10-9-13-5-4-6-14(13)15/h2-3,7-8,13-15H,4-6,9-12H2,1H3,(H,20,23)/t13-,14-,15-/m0/s1. The molecule has 0 spiro atoms. The van der Waals surface area contributed by atoms with Crippen LogP contribution >= 0.6 is 0 Å². The Kier molecular flexibility index (Phi) is 3.83. The van der Waals surface area contributed by atoms with Crippen molar-refractivity contribution in [3.05, 3.63) is 30.1 Å². The Morgan fingerprint density at radius 2 is 2.13 bits per heavy atom. The van der Waals surface area contributed by atoms with Crippen molar-refractivity contribution in [3.8, 4) is 0 Å². The second-order valence-corrected chi connectivity index (χ2v) is 7.16. The van der Waals surface area contributed by atoms with Crippen molar-refractivity contribution < 1.29 is 4.79 Å². The largest absolute Gasteiger partial charge is 0.355 e. The van der Waals surface area contributed by atoms with Crippen LogP contribution in [0.2, 0.25) is 0 Å². The van der Waals surface area contributed by atoms with E-state index in [4.69, 9.17) is 0 Å². The number of fused-ring (bicyclic) bond motifs is 2. The summed E-state index contributed by atoms with van der Waals surface area (Å²) in [5.41, 5.74) is 2.18. The third kappa shape index (κ3) is 2.64. The van der Waals surface area contributed by atoms with Crippen LogP contribution < -0.4 is 5.32 Å². The number of nitrogens with zero attached hydrogens (tertiary/aromatic N) is 2. The molecule has 0 aliphatic heterocycles. The first-order valence-electron chi connectivity index (χ1n) is 8.92. The van der Waals surface area contributed by atoms with Crippen molar-refractivity contribution >= 4 is 16.9 Å². The number of imidazole rings is 1. The van der Waals surface area contributed by atoms with Crippen LogP contribution in [-0.2, 0) is 18.3 Å². The molecule has 0 bridgehead atoms. The highest BCUT2D eigenvalue weighted by Crippen LogP contribution is 2.47. The van der Waals surface area contributed by atoms with Gasteiger partial charge in [0.25, 0.3) is 0 Å². The van der Waals surface area contributed by atoms with Crippen LogP contribution in [0.4, 0.5) is 0 Å². The molecule has 4 nitrogen and oxygen atoms in total. The predicted molar refractivity (Wildman–Crippen MR) is 91.0 cm³/mol. The monoisotopic (exact) mass is 311 g/mol. The number of aromatic nitrogens is 2. The number of benzene rings is 1. The lowest BCUT2D eigenvalue weighted by Gasteiger charge is -2.17. The van der Waals surface area contributed by atoms with Gasteiger partial charge in [0.15, 0.2) is 0 Å². The predicted octanol–water partition coefficient (Wildman–Crippen LogP) is 3.06. The summed E-state index contributed by atoms with van der Waals surface area (Å²) in [6.45, 7) is 0.684. The van der Waals surface area contributed by atoms with Gasteiger partial charge < -0.3 is 9.88 Å². The quantitative estimate of drug-likeness (QED) is 0.943. The van der Waals surface area contributed by atoms with Gasteiger partial charge in [0.1, 0.15) is 5.82 Å². The number of aryl methyl sites for hydroxylation is 1. The fraction of sp³-hybridized carbons (Fsp3) is 0.579. The van der Waals surface area contributed by atoms with Crippen molar-refractivity contribution in [1.29, 1.82) is 0 Å². The number of hydrogen-bond acceptors (Lipinski definition) is 2. The zero-order valence-electron chi connectivity index (χ0n) is 13.8. The molecule has 2 aromatic rings. The summed E-state index contributed by atoms with van der Waals surface area (Å²) in [5.74, 6) is 3.06. The molecule has 4 heteroatoms. The third-order valence-corrected chi connectivity index (χ3v) is 5.95. The summed E-state index contributed by atoms with van der Waals surface area (Å²) in [6.07, 6.45) is 7.06. The first-order valence-corrected chi connectivity index (χ1v) is 8.92. The van der Waals surface area contributed by atoms with E-state index in [9.17, 15) is 4.79 Å². The maximum absolute atomic E-state index is 12.5. The average Bonchev–Trinajstić information content (AvgIpc) is 3.23. The van der Waals surface area contributed by atoms with E-state index in [1.165, 1.54) is 25.7 Å². The van der Waals surface area contributed by atoms with Gasteiger partial charge in [-0.1, -0.05) is 25.0 Å². The fourth-order valence-electron chi connectivity index (χ4n) is 4.73. The number of carbonyl (C=O) groups is 1. The van der Waals surface area contributed by atoms with Crippen LogP contribution in [-0.4, -0.2) is 22.0 Å². The summed E-state index contributed by atoms with van der Waals surface area (Å²) in [4.78, 5) is 17.2. The van der Waals surface area contributed by atoms with Crippen LogP contribution in [0, 0.1) is 17.8 Å². The van der Waals surface area contributed by atoms with Gasteiger partial charge in [0.2, 0.25) is 5.91 Å². The van der Waals surface area contributed by atoms with E-state index in [0.717, 1.165) is 35.6 Å². The first kappa shape index (κ1) is 14.7. The topological polar surface area (TPSA) is 46.9 Å². The van der Waals surface area contributed by atoms with Gasteiger partial charge in [-0.25, -0.2) is 4.98 Å². The maximum Gasteiger partial charge on any atom is 0.223 e. The van der Waals surface area contributed by atoms with Gasteiger partial charge in [-0.05, 0) is 43.2 Å². The molecule has 2 aliphatic rings. The van der Waals surface area contributed by atoms with Crippen LogP contribution in [0.1, 0.15) is 37.9 Å². The van der Waals surface area contributed by atoms with Crippen molar-refractivity contribution in [2.24, 2.45) is 24.8 Å². The molecule has 4 rings (SSSR count). The van der Waals surface area contributed by atoms with Crippen LogP contribution in [0.15, 0.2) is 24.3 Å². The lowest BCUT2D eigenvalue weighted by atomic mass is 9.91. The molecule has 2 fully saturated rings. The molecule has 0 unspecified atom stereocenters. The highest BCUT2D eigenvalue weighted by molar-refractivity contribution is 5.79. The van der Waals surface area contributed by atoms with Crippen molar-refractivity contribution in [2.45, 2.75) is 38.5 Å². The van der Waals surface area contributed by atoms with E-state index in [1.807, 2.05) is 25.2 Å². The number of amides is 1. The minimum absolute atomic E-state index is 0.267. The third-order valence-electron chi connectivity index (χ3n) is 5.95. The molecule has 1 aromatic carbocycles. The Morgan fingerprint density at radius 3 is 3.00 bits per heavy atom. The second-order valence-electron chi connectivity index (χ2n) is 7.16. The van der Waals surface area contributed by atoms with Gasteiger partial charge in [-0.2, -0.15) is 0 Å². The van der Waals surface area contributed by atoms with E-state index in [2.05, 4.69) is 20.9 Å². The van der Waals surface area contributed by atoms with Crippen LogP contribution in [0.5, 0.6) is 0 Å². The van der Waals surface area contributed by atoms with Gasteiger partial charge in [-0.3, -0.25) is 4.79 Å². The number of hydrogen-bond donors (Lipinski definition) is 1. The van der Waals surface area contributed by atoms with E-state index in [-0.39, 0.29) is 11.8 Å². The Labute approximate surface area is 137 Å². The van der Waals surface area contributed by atoms with Gasteiger partial charge >= 0.3 is 0 Å². The molecule has 1 amide bonds. The van der Waals surface area contributed by atoms with Gasteiger partial charge in [-0.15, -0.1) is 0 Å². The zero-order valence-corrected chi connectivity index (χ0v) is 13.8. The lowest BCUT2D eigenvalue weighted by Crippen LogP contribution is -2.34. The molecule has 23 heavy (non-hydrogen) atoms. The molecule has 3 atom stereocenters. The van der Waals surface area contributed by atoms with Crippen LogP contribution in [0.25, 0.3) is 11.0 Å². The fourth-order valence-corrected chi connectivity index (χ4v) is 4.73. The smallest absolute Gasteiger partial charge is 0.223 e. The van der Waals surface area contributed by atoms with E-state index >= 15 is 0 Å². The van der Waals surface area contributed by atoms with Gasteiger partial charge in [0.05, 0.1) is 11.0 Å². The summed E-state index contributed by atoms with van der Waals surface area (Å²) in [7, 11) is 2.05. The Hall–Kier alpha value is -1.84. The number of carbonyl (C=O) groups excluding carboxylic acids is 1. The summed E-state index contributed by atoms with van der Waals surface area (Å²) < 4.78 is 2.13. The molecule has 1 N–H and O–H groups in total. The van der Waals surface area contributed by atoms with E-state index in [1.54, 1.807) is 0 Å². The number of nitrogens with one attached hydrogen (secondary N) is 1. The van der Waals surface area contributed by atoms with Crippen molar-refractivity contribution in [3.63, 3.8) is 0 Å². The molecule has 2 aliphatic carbocycles. The minimum Gasteiger partial charge on any atom is -0.355 e. The SMILES string of the molecule is Cn1c(CCNC(=O)[C@H]2CC[C@@H]3CCC[C@@H]32)nc2ccccc21. The van der Waals surface area contributed by atoms with Gasteiger partial charge in [0, 0.05) is 25.9 Å². The molecule has 1 heterocycles. The lowest BCUT2D eigenvalue weighted by molar-refractivity contribution is -0.126. The first-order chi connectivity index (χ1) is 11.2. The highest BCUT2D eigenvalue weighted by atomic mass is 16.1. The van der Waals surface area contributed by atoms with E-state index < -0.39 is 0 Å². The van der Waals surface area contributed by atoms with E-state index in [0.29, 0.717) is 12.5 Å². The normalized spacial score (nSPS) is 26.6. The molecule has 0 radical (unpaired) electrons. The van der Waals surface area contributed by atoms with Crippen LogP contribution in [0.3, 0.4) is 0 Å².